The molecule has 0 atom stereocenters. The van der Waals surface area contributed by atoms with Crippen molar-refractivity contribution in [1.82, 2.24) is 14.8 Å². The number of ether oxygens (including phenoxy) is 1. The zero-order chi connectivity index (χ0) is 24.0. The number of hydrogen-bond acceptors (Lipinski definition) is 6. The van der Waals surface area contributed by atoms with Crippen LogP contribution in [0.4, 0.5) is 5.69 Å². The fraction of sp³-hybridized carbons (Fsp3) is 0.286. The predicted octanol–water partition coefficient (Wildman–Crippen LogP) is 5.71. The Morgan fingerprint density at radius 1 is 1.03 bits per heavy atom. The number of rotatable bonds is 6. The highest BCUT2D eigenvalue weighted by Gasteiger charge is 2.23. The van der Waals surface area contributed by atoms with Crippen molar-refractivity contribution < 1.29 is 9.53 Å². The zero-order valence-corrected chi connectivity index (χ0v) is 20.8. The van der Waals surface area contributed by atoms with Gasteiger partial charge in [0.1, 0.15) is 5.76 Å². The van der Waals surface area contributed by atoms with Gasteiger partial charge in [-0.1, -0.05) is 24.3 Å². The van der Waals surface area contributed by atoms with E-state index in [0.29, 0.717) is 6.54 Å². The molecule has 0 saturated carbocycles. The molecule has 7 heteroatoms. The predicted molar refractivity (Wildman–Crippen MR) is 142 cm³/mol. The lowest BCUT2D eigenvalue weighted by Gasteiger charge is -2.28. The summed E-state index contributed by atoms with van der Waals surface area (Å²) in [5, 5.41) is 1.12. The smallest absolute Gasteiger partial charge is 0.253 e. The van der Waals surface area contributed by atoms with E-state index in [4.69, 9.17) is 4.74 Å². The Bertz CT molecular complexity index is 1250. The maximum Gasteiger partial charge on any atom is 0.253 e. The van der Waals surface area contributed by atoms with Gasteiger partial charge in [-0.2, -0.15) is 0 Å². The minimum Gasteiger partial charge on any atom is -0.499 e. The Balaban J connectivity index is 1.20. The highest BCUT2D eigenvalue weighted by Crippen LogP contribution is 2.28. The number of para-hydroxylation sites is 1. The number of anilines is 1. The lowest BCUT2D eigenvalue weighted by atomic mass is 10.1. The first-order valence-corrected chi connectivity index (χ1v) is 12.9. The van der Waals surface area contributed by atoms with E-state index in [2.05, 4.69) is 45.0 Å². The fourth-order valence-corrected chi connectivity index (χ4v) is 5.39. The van der Waals surface area contributed by atoms with E-state index in [9.17, 15) is 4.79 Å². The Kier molecular flexibility index (Phi) is 7.23. The molecule has 1 aromatic heterocycles. The molecule has 0 spiro atoms. The van der Waals surface area contributed by atoms with Crippen molar-refractivity contribution in [1.29, 1.82) is 0 Å². The molecule has 2 aliphatic rings. The van der Waals surface area contributed by atoms with E-state index >= 15 is 0 Å². The average molecular weight is 487 g/mol. The van der Waals surface area contributed by atoms with Gasteiger partial charge >= 0.3 is 0 Å². The molecule has 0 radical (unpaired) electrons. The second-order valence-electron chi connectivity index (χ2n) is 8.70. The number of methoxy groups -OCH3 is 1. The van der Waals surface area contributed by atoms with E-state index in [1.165, 1.54) is 17.6 Å². The molecular formula is C28H30N4O2S. The molecule has 2 aromatic carbocycles. The van der Waals surface area contributed by atoms with Gasteiger partial charge in [0.2, 0.25) is 0 Å². The first kappa shape index (κ1) is 23.3. The van der Waals surface area contributed by atoms with Crippen LogP contribution in [0.15, 0.2) is 89.3 Å². The van der Waals surface area contributed by atoms with E-state index in [-0.39, 0.29) is 5.91 Å². The van der Waals surface area contributed by atoms with Crippen molar-refractivity contribution in [2.45, 2.75) is 24.2 Å². The first-order chi connectivity index (χ1) is 17.2. The number of carbonyl (C=O) groups is 1. The van der Waals surface area contributed by atoms with E-state index in [1.807, 2.05) is 47.5 Å². The number of nitrogens with zero attached hydrogens (tertiary/aromatic N) is 3. The van der Waals surface area contributed by atoms with Crippen molar-refractivity contribution in [3.05, 3.63) is 90.0 Å². The van der Waals surface area contributed by atoms with Crippen LogP contribution < -0.4 is 4.72 Å². The summed E-state index contributed by atoms with van der Waals surface area (Å²) in [6.07, 6.45) is 9.09. The minimum atomic E-state index is 0.0874. The molecule has 1 saturated heterocycles. The van der Waals surface area contributed by atoms with Crippen LogP contribution in [0.5, 0.6) is 0 Å². The van der Waals surface area contributed by atoms with Crippen molar-refractivity contribution in [2.24, 2.45) is 0 Å². The Labute approximate surface area is 210 Å². The number of fused-ring (bicyclic) bond motifs is 1. The van der Waals surface area contributed by atoms with Gasteiger partial charge < -0.3 is 19.3 Å². The van der Waals surface area contributed by atoms with Crippen LogP contribution in [0.3, 0.4) is 0 Å². The van der Waals surface area contributed by atoms with Crippen LogP contribution in [0.25, 0.3) is 10.9 Å². The van der Waals surface area contributed by atoms with Crippen LogP contribution in [0.2, 0.25) is 0 Å². The highest BCUT2D eigenvalue weighted by atomic mass is 32.2. The van der Waals surface area contributed by atoms with Gasteiger partial charge in [0.25, 0.3) is 5.91 Å². The zero-order valence-electron chi connectivity index (χ0n) is 19.9. The lowest BCUT2D eigenvalue weighted by molar-refractivity contribution is 0.0763. The third-order valence-electron chi connectivity index (χ3n) is 6.48. The molecule has 1 amide bonds. The molecule has 6 nitrogen and oxygen atoms in total. The molecule has 2 heterocycles. The number of hydrogen-bond donors (Lipinski definition) is 1. The molecule has 35 heavy (non-hydrogen) atoms. The van der Waals surface area contributed by atoms with E-state index < -0.39 is 0 Å². The maximum atomic E-state index is 13.2. The quantitative estimate of drug-likeness (QED) is 0.451. The number of aromatic nitrogens is 1. The molecule has 0 bridgehead atoms. The third-order valence-corrected chi connectivity index (χ3v) is 7.36. The van der Waals surface area contributed by atoms with Gasteiger partial charge in [-0.3, -0.25) is 9.78 Å². The minimum absolute atomic E-state index is 0.0874. The summed E-state index contributed by atoms with van der Waals surface area (Å²) >= 11 is 1.53. The van der Waals surface area contributed by atoms with Gasteiger partial charge in [0.05, 0.1) is 23.2 Å². The number of benzene rings is 2. The van der Waals surface area contributed by atoms with Gasteiger partial charge in [0.15, 0.2) is 0 Å². The van der Waals surface area contributed by atoms with E-state index in [0.717, 1.165) is 71.7 Å². The summed E-state index contributed by atoms with van der Waals surface area (Å²) in [6, 6.07) is 17.9. The van der Waals surface area contributed by atoms with Crippen molar-refractivity contribution in [3.63, 3.8) is 0 Å². The van der Waals surface area contributed by atoms with Gasteiger partial charge in [-0.15, -0.1) is 0 Å². The molecule has 1 N–H and O–H groups in total. The normalized spacial score (nSPS) is 16.4. The molecule has 0 unspecified atom stereocenters. The largest absolute Gasteiger partial charge is 0.499 e. The fourth-order valence-electron chi connectivity index (χ4n) is 4.62. The van der Waals surface area contributed by atoms with Crippen molar-refractivity contribution in [3.8, 4) is 0 Å². The number of allylic oxidation sites excluding steroid dienone is 3. The summed E-state index contributed by atoms with van der Waals surface area (Å²) in [7, 11) is 1.75. The lowest BCUT2D eigenvalue weighted by Crippen LogP contribution is -2.35. The second kappa shape index (κ2) is 10.9. The molecule has 180 valence electrons. The molecule has 1 fully saturated rings. The Morgan fingerprint density at radius 3 is 2.74 bits per heavy atom. The number of carbonyl (C=O) groups excluding carboxylic acids is 1. The highest BCUT2D eigenvalue weighted by molar-refractivity contribution is 8.00. The van der Waals surface area contributed by atoms with Gasteiger partial charge in [-0.25, -0.2) is 0 Å². The molecular weight excluding hydrogens is 456 g/mol. The molecule has 1 aliphatic carbocycles. The Hall–Kier alpha value is -3.45. The summed E-state index contributed by atoms with van der Waals surface area (Å²) in [5.41, 5.74) is 3.81. The summed E-state index contributed by atoms with van der Waals surface area (Å²) in [4.78, 5) is 23.1. The molecule has 3 aromatic rings. The second-order valence-corrected chi connectivity index (χ2v) is 9.55. The average Bonchev–Trinajstić information content (AvgIpc) is 3.18. The molecule has 1 aliphatic heterocycles. The van der Waals surface area contributed by atoms with Gasteiger partial charge in [0, 0.05) is 55.4 Å². The van der Waals surface area contributed by atoms with Crippen LogP contribution >= 0.6 is 11.9 Å². The van der Waals surface area contributed by atoms with Crippen LogP contribution in [-0.2, 0) is 4.74 Å². The van der Waals surface area contributed by atoms with Gasteiger partial charge in [-0.05, 0) is 67.3 Å². The number of pyridine rings is 1. The van der Waals surface area contributed by atoms with Crippen LogP contribution in [-0.4, -0.2) is 54.0 Å². The topological polar surface area (TPSA) is 57.7 Å². The van der Waals surface area contributed by atoms with E-state index in [1.54, 1.807) is 7.11 Å². The third kappa shape index (κ3) is 5.30. The summed E-state index contributed by atoms with van der Waals surface area (Å²) in [5.74, 6) is 1.14. The molecule has 5 rings (SSSR count). The van der Waals surface area contributed by atoms with Crippen molar-refractivity contribution in [2.75, 3.05) is 38.0 Å². The van der Waals surface area contributed by atoms with Crippen molar-refractivity contribution >= 4 is 34.4 Å². The standard InChI is InChI=1S/C28H30N4O2S/c1-34-25-10-3-2-9-24(25)31-17-6-18-32(20-19-31)28(33)22-12-14-23(15-13-22)30-35-26-11-4-7-21-8-5-16-29-27(21)26/h2,4-5,7-9,11-16,30H,3,6,10,17-20H2,1H3. The maximum absolute atomic E-state index is 13.2. The number of amides is 1. The van der Waals surface area contributed by atoms with Crippen LogP contribution in [0, 0.1) is 0 Å². The number of nitrogens with one attached hydrogen (secondary N) is 1. The van der Waals surface area contributed by atoms with Crippen LogP contribution in [0.1, 0.15) is 29.6 Å². The summed E-state index contributed by atoms with van der Waals surface area (Å²) < 4.78 is 9.00. The first-order valence-electron chi connectivity index (χ1n) is 12.1. The monoisotopic (exact) mass is 486 g/mol. The SMILES string of the molecule is COC1=C(N2CCCN(C(=O)c3ccc(NSc4cccc5cccnc45)cc3)CC2)C=CCC1. The Morgan fingerprint density at radius 2 is 1.89 bits per heavy atom. The summed E-state index contributed by atoms with van der Waals surface area (Å²) in [6.45, 7) is 3.21.